The van der Waals surface area contributed by atoms with Crippen LogP contribution in [0.1, 0.15) is 38.1 Å². The molecule has 0 aliphatic carbocycles. The van der Waals surface area contributed by atoms with Crippen molar-refractivity contribution in [3.63, 3.8) is 0 Å². The Morgan fingerprint density at radius 2 is 1.83 bits per heavy atom. The van der Waals surface area contributed by atoms with Gasteiger partial charge >= 0.3 is 0 Å². The van der Waals surface area contributed by atoms with Gasteiger partial charge in [-0.2, -0.15) is 0 Å². The molecule has 0 unspecified atom stereocenters. The predicted octanol–water partition coefficient (Wildman–Crippen LogP) is 3.81. The first kappa shape index (κ1) is 27.8. The molecule has 0 bridgehead atoms. The van der Waals surface area contributed by atoms with Crippen molar-refractivity contribution < 1.29 is 14.5 Å². The number of rotatable bonds is 8. The van der Waals surface area contributed by atoms with Crippen LogP contribution in [0.4, 0.5) is 5.69 Å². The number of fused-ring (bicyclic) bond motifs is 1. The second kappa shape index (κ2) is 11.4. The fourth-order valence-electron chi connectivity index (χ4n) is 5.08. The highest BCUT2D eigenvalue weighted by Gasteiger charge is 2.35. The standard InChI is InChI=1S/C30H29N5O5S/c1-5-32(6-2)29(37)26-19(3)31-30-34(27(26)23-11-7-8-12-24(23)40-4)28(36)25(41-30)18-22-10-9-17-33(22)20-13-15-21(16-14-20)35(38)39/h7-18,27H,5-6H2,1-4H3/b25-18+/t27-/m0/s1. The lowest BCUT2D eigenvalue weighted by Gasteiger charge is -2.29. The highest BCUT2D eigenvalue weighted by Crippen LogP contribution is 2.36. The van der Waals surface area contributed by atoms with E-state index in [1.807, 2.05) is 61.0 Å². The summed E-state index contributed by atoms with van der Waals surface area (Å²) in [6.07, 6.45) is 3.60. The van der Waals surface area contributed by atoms with Crippen LogP contribution in [-0.4, -0.2) is 45.1 Å². The van der Waals surface area contributed by atoms with Crippen LogP contribution in [0.3, 0.4) is 0 Å². The molecule has 1 atom stereocenters. The fraction of sp³-hybridized carbons (Fsp3) is 0.233. The van der Waals surface area contributed by atoms with Crippen molar-refractivity contribution in [3.8, 4) is 11.4 Å². The molecular formula is C30H29N5O5S. The Kier molecular flexibility index (Phi) is 7.71. The van der Waals surface area contributed by atoms with Gasteiger partial charge < -0.3 is 14.2 Å². The van der Waals surface area contributed by atoms with Crippen LogP contribution in [0.25, 0.3) is 11.8 Å². The maximum atomic E-state index is 14.1. The lowest BCUT2D eigenvalue weighted by molar-refractivity contribution is -0.384. The van der Waals surface area contributed by atoms with Gasteiger partial charge in [0, 0.05) is 48.4 Å². The average Bonchev–Trinajstić information content (AvgIpc) is 3.56. The minimum absolute atomic E-state index is 0.00228. The molecule has 1 amide bonds. The van der Waals surface area contributed by atoms with Crippen molar-refractivity contribution in [3.05, 3.63) is 119 Å². The van der Waals surface area contributed by atoms with Gasteiger partial charge in [0.2, 0.25) is 0 Å². The lowest BCUT2D eigenvalue weighted by Crippen LogP contribution is -2.43. The Labute approximate surface area is 239 Å². The quantitative estimate of drug-likeness (QED) is 0.236. The molecule has 4 aromatic rings. The first-order chi connectivity index (χ1) is 19.8. The summed E-state index contributed by atoms with van der Waals surface area (Å²) in [6.45, 7) is 6.69. The van der Waals surface area contributed by atoms with Crippen LogP contribution >= 0.6 is 11.3 Å². The molecule has 1 aliphatic rings. The first-order valence-corrected chi connectivity index (χ1v) is 14.0. The van der Waals surface area contributed by atoms with Crippen LogP contribution in [0.5, 0.6) is 5.75 Å². The van der Waals surface area contributed by atoms with E-state index >= 15 is 0 Å². The van der Waals surface area contributed by atoms with E-state index in [4.69, 9.17) is 9.73 Å². The number of carbonyl (C=O) groups excluding carboxylic acids is 1. The number of hydrogen-bond acceptors (Lipinski definition) is 7. The maximum absolute atomic E-state index is 14.1. The van der Waals surface area contributed by atoms with E-state index in [2.05, 4.69) is 0 Å². The second-order valence-electron chi connectivity index (χ2n) is 9.38. The number of ether oxygens (including phenoxy) is 1. The van der Waals surface area contributed by atoms with Gasteiger partial charge in [-0.1, -0.05) is 29.5 Å². The maximum Gasteiger partial charge on any atom is 0.271 e. The predicted molar refractivity (Wildman–Crippen MR) is 157 cm³/mol. The number of carbonyl (C=O) groups is 1. The zero-order valence-corrected chi connectivity index (χ0v) is 23.9. The summed E-state index contributed by atoms with van der Waals surface area (Å²) in [5.74, 6) is 0.396. The SMILES string of the molecule is CCN(CC)C(=O)C1=C(C)N=c2s/c(=C/c3cccn3-c3ccc([N+](=O)[O-])cc3)c(=O)n2[C@H]1c1ccccc1OC. The topological polar surface area (TPSA) is 112 Å². The summed E-state index contributed by atoms with van der Waals surface area (Å²) in [5, 5.41) is 11.1. The Hall–Kier alpha value is -4.77. The summed E-state index contributed by atoms with van der Waals surface area (Å²) in [4.78, 5) is 45.5. The van der Waals surface area contributed by atoms with Crippen molar-refractivity contribution in [2.45, 2.75) is 26.8 Å². The average molecular weight is 572 g/mol. The molecule has 10 nitrogen and oxygen atoms in total. The number of hydrogen-bond donors (Lipinski definition) is 0. The lowest BCUT2D eigenvalue weighted by atomic mass is 9.94. The van der Waals surface area contributed by atoms with Gasteiger partial charge in [-0.25, -0.2) is 4.99 Å². The molecular weight excluding hydrogens is 542 g/mol. The molecule has 3 heterocycles. The number of aromatic nitrogens is 2. The first-order valence-electron chi connectivity index (χ1n) is 13.2. The number of non-ortho nitro benzene ring substituents is 1. The third-order valence-electron chi connectivity index (χ3n) is 7.13. The molecule has 210 valence electrons. The molecule has 1 aliphatic heterocycles. The third kappa shape index (κ3) is 5.00. The second-order valence-corrected chi connectivity index (χ2v) is 10.4. The minimum atomic E-state index is -0.723. The number of thiazole rings is 1. The van der Waals surface area contributed by atoms with Crippen molar-refractivity contribution in [1.82, 2.24) is 14.0 Å². The van der Waals surface area contributed by atoms with Crippen molar-refractivity contribution in [2.24, 2.45) is 4.99 Å². The number of benzene rings is 2. The third-order valence-corrected chi connectivity index (χ3v) is 8.12. The summed E-state index contributed by atoms with van der Waals surface area (Å²) in [6, 6.07) is 16.6. The van der Waals surface area contributed by atoms with Gasteiger partial charge in [0.15, 0.2) is 4.80 Å². The van der Waals surface area contributed by atoms with Crippen LogP contribution < -0.4 is 19.6 Å². The Morgan fingerprint density at radius 3 is 2.49 bits per heavy atom. The van der Waals surface area contributed by atoms with Crippen molar-refractivity contribution in [1.29, 1.82) is 0 Å². The Morgan fingerprint density at radius 1 is 1.12 bits per heavy atom. The molecule has 0 N–H and O–H groups in total. The number of nitro benzene ring substituents is 1. The van der Waals surface area contributed by atoms with Gasteiger partial charge in [-0.3, -0.25) is 24.3 Å². The number of para-hydroxylation sites is 1. The van der Waals surface area contributed by atoms with E-state index in [1.54, 1.807) is 41.7 Å². The molecule has 2 aromatic heterocycles. The fourth-order valence-corrected chi connectivity index (χ4v) is 6.11. The number of allylic oxidation sites excluding steroid dienone is 1. The van der Waals surface area contributed by atoms with Gasteiger partial charge in [-0.05, 0) is 57.2 Å². The molecule has 41 heavy (non-hydrogen) atoms. The van der Waals surface area contributed by atoms with Crippen molar-refractivity contribution in [2.75, 3.05) is 20.2 Å². The van der Waals surface area contributed by atoms with Crippen LogP contribution in [0.15, 0.2) is 87.9 Å². The number of methoxy groups -OCH3 is 1. The molecule has 5 rings (SSSR count). The minimum Gasteiger partial charge on any atom is -0.496 e. The molecule has 0 fully saturated rings. The largest absolute Gasteiger partial charge is 0.496 e. The van der Waals surface area contributed by atoms with Gasteiger partial charge in [-0.15, -0.1) is 0 Å². The smallest absolute Gasteiger partial charge is 0.271 e. The zero-order valence-electron chi connectivity index (χ0n) is 23.1. The van der Waals surface area contributed by atoms with E-state index in [9.17, 15) is 19.7 Å². The highest BCUT2D eigenvalue weighted by atomic mass is 32.1. The summed E-state index contributed by atoms with van der Waals surface area (Å²) in [7, 11) is 1.57. The van der Waals surface area contributed by atoms with E-state index < -0.39 is 11.0 Å². The number of nitro groups is 1. The summed E-state index contributed by atoms with van der Waals surface area (Å²) < 4.78 is 9.53. The number of nitrogens with zero attached hydrogens (tertiary/aromatic N) is 5. The molecule has 0 saturated heterocycles. The van der Waals surface area contributed by atoms with Gasteiger partial charge in [0.25, 0.3) is 17.2 Å². The van der Waals surface area contributed by atoms with E-state index in [-0.39, 0.29) is 17.2 Å². The van der Waals surface area contributed by atoms with Gasteiger partial charge in [0.1, 0.15) is 11.8 Å². The zero-order chi connectivity index (χ0) is 29.3. The number of amides is 1. The van der Waals surface area contributed by atoms with E-state index in [1.165, 1.54) is 23.5 Å². The van der Waals surface area contributed by atoms with Crippen LogP contribution in [0, 0.1) is 10.1 Å². The Balaban J connectivity index is 1.69. The monoisotopic (exact) mass is 571 g/mol. The molecule has 2 aromatic carbocycles. The van der Waals surface area contributed by atoms with Crippen LogP contribution in [-0.2, 0) is 4.79 Å². The molecule has 0 saturated carbocycles. The number of likely N-dealkylation sites (N-methyl/N-ethyl adjacent to an activating group) is 1. The molecule has 0 radical (unpaired) electrons. The summed E-state index contributed by atoms with van der Waals surface area (Å²) >= 11 is 1.25. The Bertz CT molecular complexity index is 1840. The van der Waals surface area contributed by atoms with Crippen LogP contribution in [0.2, 0.25) is 0 Å². The summed E-state index contributed by atoms with van der Waals surface area (Å²) in [5.41, 5.74) is 2.84. The highest BCUT2D eigenvalue weighted by molar-refractivity contribution is 7.07. The normalized spacial score (nSPS) is 14.9. The molecule has 0 spiro atoms. The van der Waals surface area contributed by atoms with E-state index in [0.717, 1.165) is 5.69 Å². The van der Waals surface area contributed by atoms with Gasteiger partial charge in [0.05, 0.1) is 27.8 Å². The van der Waals surface area contributed by atoms with E-state index in [0.29, 0.717) is 50.7 Å². The van der Waals surface area contributed by atoms with Crippen molar-refractivity contribution >= 4 is 29.0 Å². The molecule has 11 heteroatoms.